The summed E-state index contributed by atoms with van der Waals surface area (Å²) < 4.78 is 36.5. The SMILES string of the molecule is CCCc1ccc(O)cc1.COc1c(OCCCN)ccc2c3n(c(=NC(=O)c4cnc(N)nc4)nc12)CCN3.COc1c(OCCCNC(=O)Oc2ccc(CCN)cc2)ccc2c3n(c(=NC(=O)c4cnc(N)nc4)nc12)CCN3.O=C(Cl)Oc1ccc([N+](=O)[O-])cc1. The van der Waals surface area contributed by atoms with Crippen LogP contribution in [0.25, 0.3) is 21.8 Å². The van der Waals surface area contributed by atoms with E-state index in [2.05, 4.69) is 67.5 Å². The molecule has 9 aromatic rings. The number of ether oxygens (including phenoxy) is 6. The smallest absolute Gasteiger partial charge is 0.412 e. The maximum atomic E-state index is 12.8. The number of carbonyl (C=O) groups is 4. The molecule has 4 aromatic heterocycles. The van der Waals surface area contributed by atoms with Crippen LogP contribution in [0.4, 0.5) is 38.8 Å². The lowest BCUT2D eigenvalue weighted by Crippen LogP contribution is -2.28. The number of fused-ring (bicyclic) bond motifs is 6. The number of nitro groups is 1. The number of carbonyl (C=O) groups excluding carboxylic acids is 4. The summed E-state index contributed by atoms with van der Waals surface area (Å²) in [5.41, 5.74) is 25.3. The molecule has 11 rings (SSSR count). The summed E-state index contributed by atoms with van der Waals surface area (Å²) in [7, 11) is 3.07. The first-order valence-corrected chi connectivity index (χ1v) is 30.0. The van der Waals surface area contributed by atoms with Crippen LogP contribution in [0.2, 0.25) is 0 Å². The molecule has 2 aliphatic heterocycles. The van der Waals surface area contributed by atoms with Crippen molar-refractivity contribution in [1.29, 1.82) is 0 Å². The third-order valence-electron chi connectivity index (χ3n) is 13.8. The zero-order valence-electron chi connectivity index (χ0n) is 51.9. The molecule has 0 saturated carbocycles. The van der Waals surface area contributed by atoms with Gasteiger partial charge in [-0.3, -0.25) is 28.8 Å². The third kappa shape index (κ3) is 19.0. The molecule has 12 N–H and O–H groups in total. The number of aromatic nitrogens is 8. The van der Waals surface area contributed by atoms with Gasteiger partial charge in [0.25, 0.3) is 17.5 Å². The van der Waals surface area contributed by atoms with Gasteiger partial charge in [-0.1, -0.05) is 37.6 Å². The second kappa shape index (κ2) is 34.2. The number of non-ortho nitro benzene ring substituents is 1. The highest BCUT2D eigenvalue weighted by atomic mass is 35.5. The highest BCUT2D eigenvalue weighted by Crippen LogP contribution is 2.39. The number of halogens is 1. The lowest BCUT2D eigenvalue weighted by Gasteiger charge is -2.15. The molecule has 0 spiro atoms. The number of phenolic OH excluding ortho intramolecular Hbond substituents is 1. The number of nitrogens with two attached hydrogens (primary N) is 4. The van der Waals surface area contributed by atoms with Gasteiger partial charge in [0.2, 0.25) is 23.1 Å². The number of methoxy groups -OCH3 is 2. The van der Waals surface area contributed by atoms with Crippen LogP contribution < -0.4 is 78.5 Å². The number of phenols is 1. The Bertz CT molecular complexity index is 4300. The zero-order valence-corrected chi connectivity index (χ0v) is 52.7. The van der Waals surface area contributed by atoms with Crippen LogP contribution in [0, 0.1) is 10.1 Å². The molecular weight excluding hydrogens is 1250 g/mol. The van der Waals surface area contributed by atoms with Gasteiger partial charge in [0.15, 0.2) is 23.0 Å². The summed E-state index contributed by atoms with van der Waals surface area (Å²) in [6.45, 7) is 6.88. The van der Waals surface area contributed by atoms with Crippen molar-refractivity contribution in [3.8, 4) is 40.2 Å². The van der Waals surface area contributed by atoms with Crippen molar-refractivity contribution in [1.82, 2.24) is 44.4 Å². The van der Waals surface area contributed by atoms with E-state index < -0.39 is 28.3 Å². The molecular formula is C63H69ClN18O13. The first-order chi connectivity index (χ1) is 46.0. The summed E-state index contributed by atoms with van der Waals surface area (Å²) in [4.78, 5) is 90.6. The largest absolute Gasteiger partial charge is 0.508 e. The normalized spacial score (nSPS) is 12.0. The maximum Gasteiger partial charge on any atom is 0.412 e. The zero-order chi connectivity index (χ0) is 67.8. The van der Waals surface area contributed by atoms with Crippen LogP contribution in [0.3, 0.4) is 0 Å². The molecule has 0 atom stereocenters. The average molecular weight is 1320 g/mol. The van der Waals surface area contributed by atoms with Crippen LogP contribution in [0.15, 0.2) is 132 Å². The molecule has 6 heterocycles. The van der Waals surface area contributed by atoms with E-state index in [0.29, 0.717) is 111 Å². The second-order valence-corrected chi connectivity index (χ2v) is 20.7. The van der Waals surface area contributed by atoms with Gasteiger partial charge in [-0.2, -0.15) is 9.98 Å². The minimum absolute atomic E-state index is 0.0624. The first-order valence-electron chi connectivity index (χ1n) is 29.6. The van der Waals surface area contributed by atoms with Crippen LogP contribution in [0.1, 0.15) is 58.0 Å². The summed E-state index contributed by atoms with van der Waals surface area (Å²) >= 11 is 4.92. The summed E-state index contributed by atoms with van der Waals surface area (Å²) in [6, 6.07) is 27.0. The van der Waals surface area contributed by atoms with E-state index in [1.54, 1.807) is 37.4 Å². The second-order valence-electron chi connectivity index (χ2n) is 20.4. The minimum atomic E-state index is -0.978. The Hall–Kier alpha value is -11.6. The van der Waals surface area contributed by atoms with E-state index in [9.17, 15) is 29.3 Å². The van der Waals surface area contributed by atoms with E-state index >= 15 is 0 Å². The Kier molecular flexibility index (Phi) is 25.0. The number of anilines is 4. The molecule has 5 aromatic carbocycles. The number of nitro benzene ring substituents is 1. The number of rotatable bonds is 20. The fraction of sp³-hybridized carbons (Fsp3) is 0.270. The highest BCUT2D eigenvalue weighted by Gasteiger charge is 2.23. The van der Waals surface area contributed by atoms with Crippen molar-refractivity contribution >= 4 is 86.0 Å². The summed E-state index contributed by atoms with van der Waals surface area (Å²) in [6.07, 6.45) is 9.01. The van der Waals surface area contributed by atoms with E-state index in [1.807, 2.05) is 51.6 Å². The average Bonchev–Trinajstić information content (AvgIpc) is 1.75. The summed E-state index contributed by atoms with van der Waals surface area (Å²) in [5.74, 6) is 3.51. The Morgan fingerprint density at radius 3 is 1.57 bits per heavy atom. The van der Waals surface area contributed by atoms with Gasteiger partial charge >= 0.3 is 11.5 Å². The molecule has 0 radical (unpaired) electrons. The molecule has 31 nitrogen and oxygen atoms in total. The minimum Gasteiger partial charge on any atom is -0.508 e. The summed E-state index contributed by atoms with van der Waals surface area (Å²) in [5, 5.41) is 30.1. The van der Waals surface area contributed by atoms with Crippen LogP contribution >= 0.6 is 11.6 Å². The van der Waals surface area contributed by atoms with E-state index in [4.69, 9.17) is 63.3 Å². The predicted molar refractivity (Wildman–Crippen MR) is 352 cm³/mol. The molecule has 2 aliphatic rings. The lowest BCUT2D eigenvalue weighted by atomic mass is 10.1. The van der Waals surface area contributed by atoms with Crippen molar-refractivity contribution in [2.45, 2.75) is 52.1 Å². The van der Waals surface area contributed by atoms with Crippen molar-refractivity contribution in [3.05, 3.63) is 165 Å². The van der Waals surface area contributed by atoms with Gasteiger partial charge in [0.05, 0.1) is 43.5 Å². The number of aryl methyl sites for hydroxylation is 1. The molecule has 0 saturated heterocycles. The van der Waals surface area contributed by atoms with Crippen molar-refractivity contribution in [3.63, 3.8) is 0 Å². The number of aromatic hydroxyl groups is 1. The number of benzene rings is 5. The third-order valence-corrected chi connectivity index (χ3v) is 13.9. The monoisotopic (exact) mass is 1320 g/mol. The Labute approximate surface area is 547 Å². The predicted octanol–water partition coefficient (Wildman–Crippen LogP) is 6.63. The standard InChI is InChI=1S/C28H31N9O5.C19H22N8O3.C9H12O.C7H4ClNO4/c1-40-23-21(41-14-2-11-32-28(39)42-19-5-3-17(4-6-19)9-10-29)8-7-20-22(23)35-27(37-13-12-31-24(20)37)36-25(38)18-15-33-26(30)34-16-18;1-29-15-13(30-8-2-5-20)4-3-12-14(15)25-19(27-7-6-22-16(12)27)26-17(28)11-9-23-18(21)24-10-11;1-2-3-8-4-6-9(10)7-5-8;8-7(10)13-6-3-1-5(2-4-6)9(11)12/h3-8,15-16,31H,2,9-14,29H2,1H3,(H,32,39)(H2,30,33,34);3-4,9-10,22H,2,5-8,20H2,1H3,(H2,21,23,24);4-7,10H,2-3H2,1H3;1-4H. The fourth-order valence-corrected chi connectivity index (χ4v) is 9.41. The van der Waals surface area contributed by atoms with E-state index in [-0.39, 0.29) is 45.7 Å². The van der Waals surface area contributed by atoms with Gasteiger partial charge < -0.3 is 72.4 Å². The molecule has 0 unspecified atom stereocenters. The van der Waals surface area contributed by atoms with Crippen molar-refractivity contribution < 1.29 is 57.6 Å². The Morgan fingerprint density at radius 1 is 0.653 bits per heavy atom. The lowest BCUT2D eigenvalue weighted by molar-refractivity contribution is -0.384. The molecule has 3 amide bonds. The first kappa shape index (κ1) is 69.3. The molecule has 32 heteroatoms. The highest BCUT2D eigenvalue weighted by molar-refractivity contribution is 6.61. The quantitative estimate of drug-likeness (QED) is 0.0172. The molecule has 95 heavy (non-hydrogen) atoms. The van der Waals surface area contributed by atoms with Crippen LogP contribution in [-0.2, 0) is 25.9 Å². The maximum absolute atomic E-state index is 12.8. The molecule has 0 fully saturated rings. The molecule has 496 valence electrons. The Balaban J connectivity index is 0.000000187. The number of nitrogen functional groups attached to an aromatic ring is 2. The Morgan fingerprint density at radius 2 is 1.12 bits per heavy atom. The van der Waals surface area contributed by atoms with Crippen LogP contribution in [0.5, 0.6) is 40.2 Å². The van der Waals surface area contributed by atoms with Crippen molar-refractivity contribution in [2.75, 3.05) is 82.3 Å². The van der Waals surface area contributed by atoms with Gasteiger partial charge in [-0.25, -0.2) is 39.5 Å². The fourth-order valence-electron chi connectivity index (χ4n) is 9.32. The topological polar surface area (TPSA) is 439 Å². The van der Waals surface area contributed by atoms with Crippen molar-refractivity contribution in [2.24, 2.45) is 21.5 Å². The van der Waals surface area contributed by atoms with E-state index in [1.165, 1.54) is 61.7 Å². The number of nitrogens with zero attached hydrogens (tertiary/aromatic N) is 11. The number of hydrogen-bond acceptors (Lipinski definition) is 25. The van der Waals surface area contributed by atoms with Gasteiger partial charge in [0.1, 0.15) is 39.9 Å². The molecule has 0 aliphatic carbocycles. The van der Waals surface area contributed by atoms with Gasteiger partial charge in [-0.05, 0) is 111 Å². The van der Waals surface area contributed by atoms with Gasteiger partial charge in [-0.15, -0.1) is 0 Å². The number of nitrogens with one attached hydrogen (secondary N) is 3. The molecule has 0 bridgehead atoms. The number of amides is 3. The van der Waals surface area contributed by atoms with E-state index in [0.717, 1.165) is 53.7 Å². The number of hydrogen-bond donors (Lipinski definition) is 8. The van der Waals surface area contributed by atoms with Gasteiger partial charge in [0, 0.05) is 92.0 Å². The van der Waals surface area contributed by atoms with Crippen LogP contribution in [-0.4, -0.2) is 133 Å².